The number of carbonyl (C=O) groups is 2. The summed E-state index contributed by atoms with van der Waals surface area (Å²) >= 11 is 0. The second kappa shape index (κ2) is 9.34. The van der Waals surface area contributed by atoms with Gasteiger partial charge in [0.1, 0.15) is 12.4 Å². The molecule has 1 saturated heterocycles. The zero-order valence-corrected chi connectivity index (χ0v) is 15.1. The van der Waals surface area contributed by atoms with E-state index in [-0.39, 0.29) is 11.8 Å². The summed E-state index contributed by atoms with van der Waals surface area (Å²) in [5.74, 6) is 0.269. The van der Waals surface area contributed by atoms with Crippen molar-refractivity contribution in [3.05, 3.63) is 48.1 Å². The molecule has 0 spiro atoms. The summed E-state index contributed by atoms with van der Waals surface area (Å²) in [6.45, 7) is 4.39. The van der Waals surface area contributed by atoms with Gasteiger partial charge in [0.05, 0.1) is 0 Å². The van der Waals surface area contributed by atoms with E-state index in [1.165, 1.54) is 49.4 Å². The van der Waals surface area contributed by atoms with E-state index in [1.54, 1.807) is 12.2 Å². The molecule has 138 valence electrons. The molecule has 2 amide bonds. The summed E-state index contributed by atoms with van der Waals surface area (Å²) in [5.41, 5.74) is 0.883. The van der Waals surface area contributed by atoms with Crippen LogP contribution in [0.4, 0.5) is 0 Å². The molecule has 2 aliphatic rings. The maximum Gasteiger partial charge on any atom is 0.253 e. The van der Waals surface area contributed by atoms with Crippen molar-refractivity contribution in [3.63, 3.8) is 0 Å². The summed E-state index contributed by atoms with van der Waals surface area (Å²) in [5, 5.41) is 0. The van der Waals surface area contributed by atoms with E-state index in [9.17, 15) is 9.59 Å². The molecule has 0 saturated carbocycles. The lowest BCUT2D eigenvalue weighted by Gasteiger charge is -2.26. The first-order valence-corrected chi connectivity index (χ1v) is 9.38. The minimum atomic E-state index is -0.282. The summed E-state index contributed by atoms with van der Waals surface area (Å²) in [6, 6.07) is 7.67. The molecule has 0 aromatic heterocycles. The van der Waals surface area contributed by atoms with E-state index in [4.69, 9.17) is 4.74 Å². The van der Waals surface area contributed by atoms with Crippen LogP contribution in [0.25, 0.3) is 6.08 Å². The molecule has 0 unspecified atom stereocenters. The van der Waals surface area contributed by atoms with Crippen molar-refractivity contribution in [2.75, 3.05) is 32.8 Å². The van der Waals surface area contributed by atoms with Crippen molar-refractivity contribution in [2.45, 2.75) is 25.7 Å². The zero-order chi connectivity index (χ0) is 18.2. The fraction of sp³-hybridized carbons (Fsp3) is 0.429. The van der Waals surface area contributed by atoms with Gasteiger partial charge in [0, 0.05) is 19.2 Å². The molecule has 1 aromatic rings. The maximum absolute atomic E-state index is 12.2. The van der Waals surface area contributed by atoms with E-state index >= 15 is 0 Å². The first-order chi connectivity index (χ1) is 12.7. The van der Waals surface area contributed by atoms with Gasteiger partial charge in [0.15, 0.2) is 0 Å². The van der Waals surface area contributed by atoms with Crippen molar-refractivity contribution in [2.24, 2.45) is 0 Å². The third kappa shape index (κ3) is 5.30. The molecule has 1 aromatic carbocycles. The van der Waals surface area contributed by atoms with Gasteiger partial charge in [-0.1, -0.05) is 24.6 Å². The molecule has 26 heavy (non-hydrogen) atoms. The number of benzene rings is 1. The number of imide groups is 1. The molecule has 0 radical (unpaired) electrons. The Balaban J connectivity index is 1.50. The van der Waals surface area contributed by atoms with Crippen molar-refractivity contribution >= 4 is 17.9 Å². The van der Waals surface area contributed by atoms with Crippen LogP contribution < -0.4 is 4.74 Å². The molecule has 2 aliphatic heterocycles. The quantitative estimate of drug-likeness (QED) is 0.737. The molecular formula is C21H26N2O3. The number of amides is 2. The summed E-state index contributed by atoms with van der Waals surface area (Å²) in [4.78, 5) is 27.6. The topological polar surface area (TPSA) is 49.9 Å². The van der Waals surface area contributed by atoms with Gasteiger partial charge >= 0.3 is 0 Å². The fourth-order valence-electron chi connectivity index (χ4n) is 3.25. The summed E-state index contributed by atoms with van der Waals surface area (Å²) < 4.78 is 5.86. The number of carbonyl (C=O) groups excluding carboxylic acids is 2. The Labute approximate surface area is 154 Å². The lowest BCUT2D eigenvalue weighted by atomic mass is 10.1. The monoisotopic (exact) mass is 354 g/mol. The Kier molecular flexibility index (Phi) is 6.61. The lowest BCUT2D eigenvalue weighted by molar-refractivity contribution is -0.139. The predicted octanol–water partition coefficient (Wildman–Crippen LogP) is 2.88. The molecule has 0 N–H and O–H groups in total. The number of likely N-dealkylation sites (tertiary alicyclic amines) is 1. The molecule has 0 aliphatic carbocycles. The van der Waals surface area contributed by atoms with Crippen LogP contribution in [0.1, 0.15) is 31.2 Å². The Hall–Kier alpha value is -2.40. The van der Waals surface area contributed by atoms with Crippen LogP contribution in [0.2, 0.25) is 0 Å². The highest BCUT2D eigenvalue weighted by Crippen LogP contribution is 2.15. The highest BCUT2D eigenvalue weighted by Gasteiger charge is 2.18. The average molecular weight is 354 g/mol. The van der Waals surface area contributed by atoms with Gasteiger partial charge in [-0.3, -0.25) is 19.4 Å². The molecular weight excluding hydrogens is 328 g/mol. The summed E-state index contributed by atoms with van der Waals surface area (Å²) in [6.07, 6.45) is 11.0. The second-order valence-electron chi connectivity index (χ2n) is 6.68. The molecule has 5 heteroatoms. The van der Waals surface area contributed by atoms with E-state index in [2.05, 4.69) is 4.90 Å². The molecule has 5 nitrogen and oxygen atoms in total. The van der Waals surface area contributed by atoms with E-state index < -0.39 is 0 Å². The maximum atomic E-state index is 12.2. The van der Waals surface area contributed by atoms with Crippen molar-refractivity contribution in [1.29, 1.82) is 0 Å². The summed E-state index contributed by atoms with van der Waals surface area (Å²) in [7, 11) is 0. The van der Waals surface area contributed by atoms with Crippen LogP contribution in [0.5, 0.6) is 5.75 Å². The highest BCUT2D eigenvalue weighted by atomic mass is 16.5. The number of hydrogen-bond acceptors (Lipinski definition) is 4. The van der Waals surface area contributed by atoms with Gasteiger partial charge in [0.25, 0.3) is 11.8 Å². The average Bonchev–Trinajstić information content (AvgIpc) is 2.68. The third-order valence-corrected chi connectivity index (χ3v) is 4.71. The van der Waals surface area contributed by atoms with Crippen LogP contribution >= 0.6 is 0 Å². The number of hydrogen-bond donors (Lipinski definition) is 0. The number of rotatable bonds is 6. The fourth-order valence-corrected chi connectivity index (χ4v) is 3.25. The number of piperidine rings is 1. The van der Waals surface area contributed by atoms with Gasteiger partial charge in [-0.25, -0.2) is 0 Å². The Morgan fingerprint density at radius 3 is 2.81 bits per heavy atom. The third-order valence-electron chi connectivity index (χ3n) is 4.71. The Morgan fingerprint density at radius 2 is 2.00 bits per heavy atom. The highest BCUT2D eigenvalue weighted by molar-refractivity contribution is 6.06. The molecule has 3 rings (SSSR count). The first-order valence-electron chi connectivity index (χ1n) is 9.38. The minimum absolute atomic E-state index is 0.249. The zero-order valence-electron chi connectivity index (χ0n) is 15.1. The Bertz CT molecular complexity index is 690. The van der Waals surface area contributed by atoms with Crippen LogP contribution in [0, 0.1) is 0 Å². The van der Waals surface area contributed by atoms with Gasteiger partial charge < -0.3 is 4.74 Å². The van der Waals surface area contributed by atoms with E-state index in [0.717, 1.165) is 17.9 Å². The SMILES string of the molecule is O=C1C=CCCN1C(=O)/C=C/c1cccc(OCCN2CCCCC2)c1. The minimum Gasteiger partial charge on any atom is -0.492 e. The van der Waals surface area contributed by atoms with Crippen molar-refractivity contribution in [3.8, 4) is 5.75 Å². The van der Waals surface area contributed by atoms with Gasteiger partial charge in [-0.15, -0.1) is 0 Å². The van der Waals surface area contributed by atoms with E-state index in [0.29, 0.717) is 19.6 Å². The van der Waals surface area contributed by atoms with Crippen LogP contribution in [-0.4, -0.2) is 54.4 Å². The van der Waals surface area contributed by atoms with Crippen LogP contribution in [0.3, 0.4) is 0 Å². The van der Waals surface area contributed by atoms with Crippen LogP contribution in [0.15, 0.2) is 42.5 Å². The first kappa shape index (κ1) is 18.4. The Morgan fingerprint density at radius 1 is 1.15 bits per heavy atom. The second-order valence-corrected chi connectivity index (χ2v) is 6.68. The standard InChI is InChI=1S/C21H26N2O3/c24-20-9-2-5-14-23(20)21(25)11-10-18-7-6-8-19(17-18)26-16-15-22-12-3-1-4-13-22/h2,6-11,17H,1,3-5,12-16H2/b11-10+. The largest absolute Gasteiger partial charge is 0.492 e. The normalized spacial score (nSPS) is 18.5. The molecule has 0 bridgehead atoms. The van der Waals surface area contributed by atoms with Gasteiger partial charge in [-0.05, 0) is 62.2 Å². The number of ether oxygens (including phenoxy) is 1. The van der Waals surface area contributed by atoms with E-state index in [1.807, 2.05) is 24.3 Å². The smallest absolute Gasteiger partial charge is 0.253 e. The van der Waals surface area contributed by atoms with Gasteiger partial charge in [0.2, 0.25) is 0 Å². The van der Waals surface area contributed by atoms with Gasteiger partial charge in [-0.2, -0.15) is 0 Å². The molecule has 1 fully saturated rings. The van der Waals surface area contributed by atoms with Crippen LogP contribution in [-0.2, 0) is 9.59 Å². The predicted molar refractivity (Wildman–Crippen MR) is 102 cm³/mol. The van der Waals surface area contributed by atoms with Crippen molar-refractivity contribution in [1.82, 2.24) is 9.80 Å². The molecule has 0 atom stereocenters. The lowest BCUT2D eigenvalue weighted by Crippen LogP contribution is -2.37. The van der Waals surface area contributed by atoms with Crippen molar-refractivity contribution < 1.29 is 14.3 Å². The number of nitrogens with zero attached hydrogens (tertiary/aromatic N) is 2. The molecule has 2 heterocycles.